The molecule has 0 saturated carbocycles. The van der Waals surface area contributed by atoms with Crippen molar-refractivity contribution in [3.63, 3.8) is 0 Å². The van der Waals surface area contributed by atoms with E-state index < -0.39 is 15.9 Å². The number of aromatic nitrogens is 2. The van der Waals surface area contributed by atoms with Gasteiger partial charge >= 0.3 is 0 Å². The molecule has 178 valence electrons. The van der Waals surface area contributed by atoms with E-state index in [1.807, 2.05) is 0 Å². The highest BCUT2D eigenvalue weighted by Crippen LogP contribution is 2.25. The number of likely N-dealkylation sites (tertiary alicyclic amines) is 1. The number of nitrogens with one attached hydrogen (secondary N) is 2. The van der Waals surface area contributed by atoms with Gasteiger partial charge in [-0.05, 0) is 55.7 Å². The summed E-state index contributed by atoms with van der Waals surface area (Å²) in [5.74, 6) is -0.119. The number of hydrogen-bond acceptors (Lipinski definition) is 5. The molecule has 9 nitrogen and oxygen atoms in total. The van der Waals surface area contributed by atoms with Crippen molar-refractivity contribution < 1.29 is 18.0 Å². The molecule has 1 saturated heterocycles. The first-order valence-corrected chi connectivity index (χ1v) is 13.0. The molecule has 4 rings (SSSR count). The van der Waals surface area contributed by atoms with Crippen molar-refractivity contribution in [3.05, 3.63) is 71.1 Å². The minimum Gasteiger partial charge on any atom is -0.337 e. The topological polar surface area (TPSA) is 113 Å². The third-order valence-electron chi connectivity index (χ3n) is 5.30. The summed E-state index contributed by atoms with van der Waals surface area (Å²) in [5, 5.41) is 2.97. The van der Waals surface area contributed by atoms with Gasteiger partial charge in [0.15, 0.2) is 0 Å². The SMILES string of the molecule is CS(=O)(=O)Nc1cc(Cl)cc(NC(=O)c2cc(C(=O)N3CCCCC3)n(-c3ccccn3)c2)c1. The molecule has 0 spiro atoms. The van der Waals surface area contributed by atoms with Crippen LogP contribution in [0.25, 0.3) is 5.82 Å². The summed E-state index contributed by atoms with van der Waals surface area (Å²) in [6, 6.07) is 11.3. The van der Waals surface area contributed by atoms with Crippen LogP contribution < -0.4 is 10.0 Å². The van der Waals surface area contributed by atoms with E-state index in [9.17, 15) is 18.0 Å². The van der Waals surface area contributed by atoms with E-state index in [0.717, 1.165) is 25.5 Å². The molecule has 3 aromatic rings. The minimum absolute atomic E-state index is 0.160. The highest BCUT2D eigenvalue weighted by molar-refractivity contribution is 7.92. The number of carbonyl (C=O) groups is 2. The minimum atomic E-state index is -3.52. The third kappa shape index (κ3) is 5.75. The van der Waals surface area contributed by atoms with Gasteiger partial charge in [0.25, 0.3) is 11.8 Å². The van der Waals surface area contributed by atoms with Crippen LogP contribution in [0.2, 0.25) is 5.02 Å². The number of piperidine rings is 1. The molecule has 2 amide bonds. The monoisotopic (exact) mass is 501 g/mol. The predicted octanol–water partition coefficient (Wildman–Crippen LogP) is 3.78. The number of pyridine rings is 1. The lowest BCUT2D eigenvalue weighted by molar-refractivity contribution is 0.0716. The van der Waals surface area contributed by atoms with Gasteiger partial charge in [0.1, 0.15) is 11.5 Å². The van der Waals surface area contributed by atoms with E-state index in [1.54, 1.807) is 46.1 Å². The molecule has 1 fully saturated rings. The van der Waals surface area contributed by atoms with Crippen molar-refractivity contribution >= 4 is 44.8 Å². The van der Waals surface area contributed by atoms with Gasteiger partial charge in [-0.2, -0.15) is 0 Å². The summed E-state index contributed by atoms with van der Waals surface area (Å²) in [5.41, 5.74) is 1.12. The van der Waals surface area contributed by atoms with Crippen LogP contribution in [0.3, 0.4) is 0 Å². The molecule has 1 aliphatic heterocycles. The Morgan fingerprint density at radius 1 is 1.03 bits per heavy atom. The van der Waals surface area contributed by atoms with E-state index >= 15 is 0 Å². The molecular formula is C23H24ClN5O4S. The number of nitrogens with zero attached hydrogens (tertiary/aromatic N) is 3. The van der Waals surface area contributed by atoms with Crippen LogP contribution in [0.1, 0.15) is 40.1 Å². The Morgan fingerprint density at radius 2 is 1.76 bits per heavy atom. The van der Waals surface area contributed by atoms with Crippen molar-refractivity contribution in [2.75, 3.05) is 29.4 Å². The van der Waals surface area contributed by atoms with Crippen LogP contribution in [-0.2, 0) is 10.0 Å². The Bertz CT molecular complexity index is 1320. The van der Waals surface area contributed by atoms with Crippen LogP contribution in [0.4, 0.5) is 11.4 Å². The summed E-state index contributed by atoms with van der Waals surface area (Å²) in [6.45, 7) is 1.35. The van der Waals surface area contributed by atoms with Crippen LogP contribution in [0.5, 0.6) is 0 Å². The number of rotatable bonds is 6. The molecular weight excluding hydrogens is 478 g/mol. The first-order valence-electron chi connectivity index (χ1n) is 10.7. The number of amides is 2. The smallest absolute Gasteiger partial charge is 0.270 e. The lowest BCUT2D eigenvalue weighted by Gasteiger charge is -2.27. The van der Waals surface area contributed by atoms with Gasteiger partial charge in [0, 0.05) is 36.2 Å². The highest BCUT2D eigenvalue weighted by Gasteiger charge is 2.24. The molecule has 11 heteroatoms. The van der Waals surface area contributed by atoms with Crippen LogP contribution >= 0.6 is 11.6 Å². The van der Waals surface area contributed by atoms with E-state index in [-0.39, 0.29) is 22.2 Å². The van der Waals surface area contributed by atoms with Gasteiger partial charge in [-0.1, -0.05) is 17.7 Å². The van der Waals surface area contributed by atoms with E-state index in [1.165, 1.54) is 18.2 Å². The predicted molar refractivity (Wildman–Crippen MR) is 131 cm³/mol. The molecule has 0 atom stereocenters. The van der Waals surface area contributed by atoms with Crippen molar-refractivity contribution in [3.8, 4) is 5.82 Å². The zero-order valence-corrected chi connectivity index (χ0v) is 20.1. The van der Waals surface area contributed by atoms with Gasteiger partial charge in [-0.3, -0.25) is 18.9 Å². The molecule has 2 aromatic heterocycles. The second-order valence-corrected chi connectivity index (χ2v) is 10.3. The van der Waals surface area contributed by atoms with E-state index in [2.05, 4.69) is 15.0 Å². The molecule has 1 aromatic carbocycles. The number of halogens is 1. The Labute approximate surface area is 202 Å². The maximum atomic E-state index is 13.3. The van der Waals surface area contributed by atoms with Gasteiger partial charge in [0.05, 0.1) is 17.5 Å². The zero-order chi connectivity index (χ0) is 24.3. The summed E-state index contributed by atoms with van der Waals surface area (Å²) in [6.07, 6.45) is 7.19. The Hall–Kier alpha value is -3.37. The molecule has 0 radical (unpaired) electrons. The average molecular weight is 502 g/mol. The highest BCUT2D eigenvalue weighted by atomic mass is 35.5. The maximum absolute atomic E-state index is 13.3. The fourth-order valence-corrected chi connectivity index (χ4v) is 4.62. The lowest BCUT2D eigenvalue weighted by Crippen LogP contribution is -2.36. The molecule has 0 bridgehead atoms. The second kappa shape index (κ2) is 9.86. The van der Waals surface area contributed by atoms with Gasteiger partial charge < -0.3 is 10.2 Å². The van der Waals surface area contributed by atoms with Crippen LogP contribution in [0.15, 0.2) is 54.9 Å². The van der Waals surface area contributed by atoms with E-state index in [0.29, 0.717) is 30.3 Å². The average Bonchev–Trinajstić information content (AvgIpc) is 3.24. The number of anilines is 2. The van der Waals surface area contributed by atoms with Gasteiger partial charge in [-0.25, -0.2) is 13.4 Å². The molecule has 0 unspecified atom stereocenters. The molecule has 3 heterocycles. The van der Waals surface area contributed by atoms with Crippen LogP contribution in [0, 0.1) is 0 Å². The first kappa shape index (κ1) is 23.8. The zero-order valence-electron chi connectivity index (χ0n) is 18.5. The molecule has 2 N–H and O–H groups in total. The van der Waals surface area contributed by atoms with Crippen molar-refractivity contribution in [2.24, 2.45) is 0 Å². The number of hydrogen-bond donors (Lipinski definition) is 2. The largest absolute Gasteiger partial charge is 0.337 e. The summed E-state index contributed by atoms with van der Waals surface area (Å²) in [7, 11) is -3.52. The van der Waals surface area contributed by atoms with Crippen molar-refractivity contribution in [2.45, 2.75) is 19.3 Å². The molecule has 1 aliphatic rings. The fourth-order valence-electron chi connectivity index (χ4n) is 3.83. The molecule has 34 heavy (non-hydrogen) atoms. The number of carbonyl (C=O) groups excluding carboxylic acids is 2. The van der Waals surface area contributed by atoms with Crippen molar-refractivity contribution in [1.82, 2.24) is 14.5 Å². The summed E-state index contributed by atoms with van der Waals surface area (Å²) < 4.78 is 27.0. The van der Waals surface area contributed by atoms with E-state index in [4.69, 9.17) is 11.6 Å². The summed E-state index contributed by atoms with van der Waals surface area (Å²) in [4.78, 5) is 32.5. The Balaban J connectivity index is 1.65. The van der Waals surface area contributed by atoms with Crippen LogP contribution in [-0.4, -0.2) is 54.0 Å². The van der Waals surface area contributed by atoms with Crippen molar-refractivity contribution in [1.29, 1.82) is 0 Å². The fraction of sp³-hybridized carbons (Fsp3) is 0.261. The van der Waals surface area contributed by atoms with Gasteiger partial charge in [-0.15, -0.1) is 0 Å². The Morgan fingerprint density at radius 3 is 2.44 bits per heavy atom. The number of sulfonamides is 1. The number of benzene rings is 1. The van der Waals surface area contributed by atoms with Gasteiger partial charge in [0.2, 0.25) is 10.0 Å². The quantitative estimate of drug-likeness (QED) is 0.533. The molecule has 0 aliphatic carbocycles. The summed E-state index contributed by atoms with van der Waals surface area (Å²) >= 11 is 6.10. The first-order chi connectivity index (χ1) is 16.2. The Kier molecular flexibility index (Phi) is 6.90. The standard InChI is InChI=1S/C23H24ClN5O4S/c1-34(32,33)27-19-13-17(24)12-18(14-19)26-22(30)16-11-20(23(31)28-9-5-2-6-10-28)29(15-16)21-7-3-4-8-25-21/h3-4,7-8,11-15,27H,2,5-6,9-10H2,1H3,(H,26,30). The third-order valence-corrected chi connectivity index (χ3v) is 6.12. The normalized spacial score (nSPS) is 14.0. The lowest BCUT2D eigenvalue weighted by atomic mass is 10.1. The maximum Gasteiger partial charge on any atom is 0.270 e. The second-order valence-electron chi connectivity index (χ2n) is 8.08.